The van der Waals surface area contributed by atoms with E-state index in [0.29, 0.717) is 28.2 Å². The van der Waals surface area contributed by atoms with Gasteiger partial charge in [0.15, 0.2) is 9.84 Å². The molecule has 1 unspecified atom stereocenters. The average molecular weight is 370 g/mol. The summed E-state index contributed by atoms with van der Waals surface area (Å²) in [7, 11) is -1.98. The molecule has 0 amide bonds. The zero-order valence-electron chi connectivity index (χ0n) is 14.9. The normalized spacial score (nSPS) is 21.1. The SMILES string of the molecule is COc1cc(C)c(S(=O)(=O)C2CCCC[C@H]2COCC(=O)O)c(C)c1. The largest absolute Gasteiger partial charge is 0.497 e. The van der Waals surface area contributed by atoms with Crippen molar-refractivity contribution in [3.63, 3.8) is 0 Å². The molecule has 6 nitrogen and oxygen atoms in total. The average Bonchev–Trinajstić information content (AvgIpc) is 2.53. The van der Waals surface area contributed by atoms with Crippen LogP contribution in [0.1, 0.15) is 36.8 Å². The van der Waals surface area contributed by atoms with E-state index in [4.69, 9.17) is 14.6 Å². The monoisotopic (exact) mass is 370 g/mol. The molecule has 0 spiro atoms. The van der Waals surface area contributed by atoms with Crippen molar-refractivity contribution in [1.29, 1.82) is 0 Å². The molecular weight excluding hydrogens is 344 g/mol. The van der Waals surface area contributed by atoms with Crippen LogP contribution in [0, 0.1) is 19.8 Å². The summed E-state index contributed by atoms with van der Waals surface area (Å²) >= 11 is 0. The molecule has 1 aromatic rings. The van der Waals surface area contributed by atoms with E-state index >= 15 is 0 Å². The maximum absolute atomic E-state index is 13.3. The summed E-state index contributed by atoms with van der Waals surface area (Å²) in [4.78, 5) is 11.0. The summed E-state index contributed by atoms with van der Waals surface area (Å²) in [6.45, 7) is 3.32. The summed E-state index contributed by atoms with van der Waals surface area (Å²) in [6, 6.07) is 3.47. The number of sulfone groups is 1. The van der Waals surface area contributed by atoms with Crippen molar-refractivity contribution in [2.45, 2.75) is 49.7 Å². The van der Waals surface area contributed by atoms with E-state index in [1.807, 2.05) is 0 Å². The van der Waals surface area contributed by atoms with Crippen molar-refractivity contribution < 1.29 is 27.8 Å². The number of benzene rings is 1. The zero-order chi connectivity index (χ0) is 18.6. The van der Waals surface area contributed by atoms with Crippen LogP contribution >= 0.6 is 0 Å². The van der Waals surface area contributed by atoms with Crippen LogP contribution in [0.25, 0.3) is 0 Å². The zero-order valence-corrected chi connectivity index (χ0v) is 15.8. The smallest absolute Gasteiger partial charge is 0.329 e. The molecule has 1 fully saturated rings. The van der Waals surface area contributed by atoms with Gasteiger partial charge in [-0.3, -0.25) is 0 Å². The Morgan fingerprint density at radius 3 is 2.36 bits per heavy atom. The molecule has 7 heteroatoms. The quantitative estimate of drug-likeness (QED) is 0.794. The number of ether oxygens (including phenoxy) is 2. The van der Waals surface area contributed by atoms with Gasteiger partial charge in [0.25, 0.3) is 0 Å². The van der Waals surface area contributed by atoms with Crippen LogP contribution in [-0.2, 0) is 19.4 Å². The first-order valence-corrected chi connectivity index (χ1v) is 10.0. The van der Waals surface area contributed by atoms with E-state index in [0.717, 1.165) is 19.3 Å². The molecule has 0 bridgehead atoms. The number of aliphatic carboxylic acids is 1. The number of carboxylic acid groups (broad SMARTS) is 1. The molecule has 1 aliphatic rings. The Hall–Kier alpha value is -1.60. The summed E-state index contributed by atoms with van der Waals surface area (Å²) in [5, 5.41) is 8.17. The first-order valence-electron chi connectivity index (χ1n) is 8.46. The summed E-state index contributed by atoms with van der Waals surface area (Å²) in [6.07, 6.45) is 3.10. The Balaban J connectivity index is 2.31. The Labute approximate surface area is 149 Å². The molecule has 0 saturated heterocycles. The second kappa shape index (κ2) is 8.19. The van der Waals surface area contributed by atoms with Crippen molar-refractivity contribution >= 4 is 15.8 Å². The van der Waals surface area contributed by atoms with E-state index in [9.17, 15) is 13.2 Å². The fraction of sp³-hybridized carbons (Fsp3) is 0.611. The lowest BCUT2D eigenvalue weighted by Gasteiger charge is -2.31. The van der Waals surface area contributed by atoms with Crippen LogP contribution in [0.3, 0.4) is 0 Å². The third-order valence-corrected chi connectivity index (χ3v) is 7.38. The van der Waals surface area contributed by atoms with Gasteiger partial charge in [0.05, 0.1) is 23.9 Å². The molecule has 0 radical (unpaired) electrons. The first kappa shape index (κ1) is 19.7. The molecule has 25 heavy (non-hydrogen) atoms. The highest BCUT2D eigenvalue weighted by Crippen LogP contribution is 2.36. The van der Waals surface area contributed by atoms with Crippen molar-refractivity contribution in [3.05, 3.63) is 23.3 Å². The molecule has 0 heterocycles. The second-order valence-electron chi connectivity index (χ2n) is 6.63. The van der Waals surface area contributed by atoms with Gasteiger partial charge in [-0.05, 0) is 55.9 Å². The Kier molecular flexibility index (Phi) is 6.46. The molecule has 1 saturated carbocycles. The van der Waals surface area contributed by atoms with E-state index < -0.39 is 27.7 Å². The maximum Gasteiger partial charge on any atom is 0.329 e. The number of hydrogen-bond acceptors (Lipinski definition) is 5. The van der Waals surface area contributed by atoms with Crippen LogP contribution in [0.2, 0.25) is 0 Å². The van der Waals surface area contributed by atoms with Gasteiger partial charge in [-0.1, -0.05) is 12.8 Å². The van der Waals surface area contributed by atoms with Gasteiger partial charge in [-0.25, -0.2) is 13.2 Å². The molecule has 0 aliphatic heterocycles. The highest BCUT2D eigenvalue weighted by atomic mass is 32.2. The fourth-order valence-electron chi connectivity index (χ4n) is 3.70. The third kappa shape index (κ3) is 4.52. The summed E-state index contributed by atoms with van der Waals surface area (Å²) < 4.78 is 37.1. The van der Waals surface area contributed by atoms with Gasteiger partial charge in [-0.2, -0.15) is 0 Å². The molecule has 140 valence electrons. The van der Waals surface area contributed by atoms with Crippen LogP contribution in [-0.4, -0.2) is 45.1 Å². The molecule has 1 aliphatic carbocycles. The minimum absolute atomic E-state index is 0.157. The van der Waals surface area contributed by atoms with Crippen molar-refractivity contribution in [3.8, 4) is 5.75 Å². The van der Waals surface area contributed by atoms with Gasteiger partial charge in [0, 0.05) is 0 Å². The Bertz CT molecular complexity index is 702. The van der Waals surface area contributed by atoms with E-state index in [1.165, 1.54) is 0 Å². The first-order chi connectivity index (χ1) is 11.8. The predicted octanol–water partition coefficient (Wildman–Crippen LogP) is 2.75. The number of aryl methyl sites for hydroxylation is 2. The minimum Gasteiger partial charge on any atom is -0.497 e. The van der Waals surface area contributed by atoms with E-state index in [-0.39, 0.29) is 12.5 Å². The topological polar surface area (TPSA) is 89.9 Å². The lowest BCUT2D eigenvalue weighted by Crippen LogP contribution is -2.36. The van der Waals surface area contributed by atoms with Crippen LogP contribution < -0.4 is 4.74 Å². The number of carboxylic acids is 1. The molecule has 1 N–H and O–H groups in total. The van der Waals surface area contributed by atoms with Crippen molar-refractivity contribution in [2.75, 3.05) is 20.3 Å². The molecule has 2 rings (SSSR count). The third-order valence-electron chi connectivity index (χ3n) is 4.75. The highest BCUT2D eigenvalue weighted by Gasteiger charge is 2.38. The number of methoxy groups -OCH3 is 1. The lowest BCUT2D eigenvalue weighted by molar-refractivity contribution is -0.142. The fourth-order valence-corrected chi connectivity index (χ4v) is 6.22. The molecular formula is C18H26O6S. The number of carbonyl (C=O) groups is 1. The van der Waals surface area contributed by atoms with Crippen molar-refractivity contribution in [1.82, 2.24) is 0 Å². The van der Waals surface area contributed by atoms with Gasteiger partial charge < -0.3 is 14.6 Å². The van der Waals surface area contributed by atoms with Crippen LogP contribution in [0.15, 0.2) is 17.0 Å². The number of hydrogen-bond donors (Lipinski definition) is 1. The van der Waals surface area contributed by atoms with Crippen LogP contribution in [0.4, 0.5) is 0 Å². The number of rotatable bonds is 7. The highest BCUT2D eigenvalue weighted by molar-refractivity contribution is 7.92. The summed E-state index contributed by atoms with van der Waals surface area (Å²) in [5.41, 5.74) is 1.35. The maximum atomic E-state index is 13.3. The van der Waals surface area contributed by atoms with Gasteiger partial charge in [-0.15, -0.1) is 0 Å². The second-order valence-corrected chi connectivity index (χ2v) is 8.73. The van der Waals surface area contributed by atoms with Crippen molar-refractivity contribution in [2.24, 2.45) is 5.92 Å². The summed E-state index contributed by atoms with van der Waals surface area (Å²) in [5.74, 6) is -0.588. The Morgan fingerprint density at radius 1 is 1.20 bits per heavy atom. The van der Waals surface area contributed by atoms with Crippen LogP contribution in [0.5, 0.6) is 5.75 Å². The molecule has 1 aromatic carbocycles. The molecule has 2 atom stereocenters. The predicted molar refractivity (Wildman–Crippen MR) is 93.9 cm³/mol. The van der Waals surface area contributed by atoms with Gasteiger partial charge >= 0.3 is 5.97 Å². The molecule has 0 aromatic heterocycles. The van der Waals surface area contributed by atoms with E-state index in [1.54, 1.807) is 33.1 Å². The van der Waals surface area contributed by atoms with Gasteiger partial charge in [0.1, 0.15) is 12.4 Å². The van der Waals surface area contributed by atoms with Gasteiger partial charge in [0.2, 0.25) is 0 Å². The lowest BCUT2D eigenvalue weighted by atomic mass is 9.89. The van der Waals surface area contributed by atoms with E-state index in [2.05, 4.69) is 0 Å². The Morgan fingerprint density at radius 2 is 1.80 bits per heavy atom. The standard InChI is InChI=1S/C18H26O6S/c1-12-8-15(23-3)9-13(2)18(12)25(21,22)16-7-5-4-6-14(16)10-24-11-17(19)20/h8-9,14,16H,4-7,10-11H2,1-3H3,(H,19,20)/t14-,16?/m0/s1. The minimum atomic E-state index is -3.53.